The summed E-state index contributed by atoms with van der Waals surface area (Å²) in [6.07, 6.45) is 2.26. The molecule has 0 aliphatic heterocycles. The van der Waals surface area contributed by atoms with E-state index in [9.17, 15) is 0 Å². The highest BCUT2D eigenvalue weighted by Crippen LogP contribution is 2.17. The molecule has 0 aromatic heterocycles. The standard InChI is InChI=1S/C8H16S2/c1-4-7(2)5-6-10-8(3)9/h8-9H,2,4-6H2,1,3H3. The molecule has 0 radical (unpaired) electrons. The molecule has 1 unspecified atom stereocenters. The molecule has 0 saturated carbocycles. The molecule has 0 N–H and O–H groups in total. The van der Waals surface area contributed by atoms with Crippen molar-refractivity contribution in [1.82, 2.24) is 0 Å². The number of thiol groups is 1. The van der Waals surface area contributed by atoms with Crippen LogP contribution in [0.2, 0.25) is 0 Å². The Morgan fingerprint density at radius 2 is 2.30 bits per heavy atom. The van der Waals surface area contributed by atoms with Gasteiger partial charge in [0.05, 0.1) is 0 Å². The molecule has 0 fully saturated rings. The molecule has 0 amide bonds. The van der Waals surface area contributed by atoms with E-state index in [-0.39, 0.29) is 0 Å². The van der Waals surface area contributed by atoms with E-state index in [2.05, 4.69) is 33.1 Å². The third-order valence-electron chi connectivity index (χ3n) is 1.31. The highest BCUT2D eigenvalue weighted by atomic mass is 32.2. The first kappa shape index (κ1) is 10.4. The largest absolute Gasteiger partial charge is 0.165 e. The van der Waals surface area contributed by atoms with Crippen molar-refractivity contribution in [3.05, 3.63) is 12.2 Å². The van der Waals surface area contributed by atoms with E-state index in [1.807, 2.05) is 11.8 Å². The number of allylic oxidation sites excluding steroid dienone is 1. The van der Waals surface area contributed by atoms with Crippen LogP contribution in [0.1, 0.15) is 26.7 Å². The van der Waals surface area contributed by atoms with Crippen LogP contribution < -0.4 is 0 Å². The summed E-state index contributed by atoms with van der Waals surface area (Å²) in [5.74, 6) is 1.16. The molecule has 0 aliphatic rings. The van der Waals surface area contributed by atoms with Crippen LogP contribution in [0.3, 0.4) is 0 Å². The van der Waals surface area contributed by atoms with Crippen LogP contribution in [0.15, 0.2) is 12.2 Å². The fourth-order valence-corrected chi connectivity index (χ4v) is 1.61. The van der Waals surface area contributed by atoms with Crippen LogP contribution in [-0.4, -0.2) is 10.3 Å². The Morgan fingerprint density at radius 1 is 1.70 bits per heavy atom. The Morgan fingerprint density at radius 3 is 2.70 bits per heavy atom. The summed E-state index contributed by atoms with van der Waals surface area (Å²) >= 11 is 6.14. The fourth-order valence-electron chi connectivity index (χ4n) is 0.551. The molecule has 0 aromatic carbocycles. The van der Waals surface area contributed by atoms with Gasteiger partial charge in [-0.1, -0.05) is 19.1 Å². The second kappa shape index (κ2) is 6.17. The smallest absolute Gasteiger partial charge is 0.0444 e. The molecule has 0 bridgehead atoms. The summed E-state index contributed by atoms with van der Waals surface area (Å²) in [7, 11) is 0. The lowest BCUT2D eigenvalue weighted by molar-refractivity contribution is 0.994. The maximum atomic E-state index is 4.26. The lowest BCUT2D eigenvalue weighted by atomic mass is 10.2. The van der Waals surface area contributed by atoms with E-state index >= 15 is 0 Å². The molecule has 0 rings (SSSR count). The summed E-state index contributed by atoms with van der Waals surface area (Å²) in [6.45, 7) is 8.18. The molecule has 0 saturated heterocycles. The summed E-state index contributed by atoms with van der Waals surface area (Å²) in [5, 5.41) is 0. The molecule has 60 valence electrons. The number of hydrogen-bond donors (Lipinski definition) is 1. The molecule has 10 heavy (non-hydrogen) atoms. The first-order valence-electron chi connectivity index (χ1n) is 3.63. The second-order valence-corrected chi connectivity index (χ2v) is 4.90. The van der Waals surface area contributed by atoms with Crippen molar-refractivity contribution in [1.29, 1.82) is 0 Å². The van der Waals surface area contributed by atoms with Gasteiger partial charge in [0.1, 0.15) is 0 Å². The highest BCUT2D eigenvalue weighted by molar-refractivity contribution is 8.10. The Balaban J connectivity index is 3.12. The predicted molar refractivity (Wildman–Crippen MR) is 55.0 cm³/mol. The SMILES string of the molecule is C=C(CC)CCSC(C)S. The molecule has 0 spiro atoms. The lowest BCUT2D eigenvalue weighted by Crippen LogP contribution is -1.88. The topological polar surface area (TPSA) is 0 Å². The molecular weight excluding hydrogens is 160 g/mol. The predicted octanol–water partition coefficient (Wildman–Crippen LogP) is 3.35. The zero-order valence-corrected chi connectivity index (χ0v) is 8.47. The van der Waals surface area contributed by atoms with Crippen LogP contribution in [-0.2, 0) is 0 Å². The zero-order chi connectivity index (χ0) is 7.98. The summed E-state index contributed by atoms with van der Waals surface area (Å²) < 4.78 is 0.463. The van der Waals surface area contributed by atoms with E-state index in [1.54, 1.807) is 0 Å². The quantitative estimate of drug-likeness (QED) is 0.381. The minimum atomic E-state index is 0.463. The van der Waals surface area contributed by atoms with Gasteiger partial charge in [-0.2, -0.15) is 12.6 Å². The van der Waals surface area contributed by atoms with Gasteiger partial charge >= 0.3 is 0 Å². The fraction of sp³-hybridized carbons (Fsp3) is 0.750. The third-order valence-corrected chi connectivity index (χ3v) is 2.68. The van der Waals surface area contributed by atoms with Gasteiger partial charge in [0.15, 0.2) is 0 Å². The van der Waals surface area contributed by atoms with Crippen LogP contribution >= 0.6 is 24.4 Å². The van der Waals surface area contributed by atoms with E-state index in [0.717, 1.165) is 18.6 Å². The summed E-state index contributed by atoms with van der Waals surface area (Å²) in [5.41, 5.74) is 1.35. The Hall–Kier alpha value is 0.440. The van der Waals surface area contributed by atoms with Gasteiger partial charge in [-0.05, 0) is 25.5 Å². The molecule has 0 aromatic rings. The third kappa shape index (κ3) is 6.56. The summed E-state index contributed by atoms with van der Waals surface area (Å²) in [6, 6.07) is 0. The van der Waals surface area contributed by atoms with Crippen LogP contribution in [0.5, 0.6) is 0 Å². The van der Waals surface area contributed by atoms with Crippen molar-refractivity contribution in [2.24, 2.45) is 0 Å². The van der Waals surface area contributed by atoms with Crippen molar-refractivity contribution in [3.63, 3.8) is 0 Å². The maximum Gasteiger partial charge on any atom is 0.0444 e. The van der Waals surface area contributed by atoms with E-state index in [0.29, 0.717) is 4.58 Å². The normalized spacial score (nSPS) is 13.1. The number of hydrogen-bond acceptors (Lipinski definition) is 2. The van der Waals surface area contributed by atoms with Gasteiger partial charge in [0.2, 0.25) is 0 Å². The first-order chi connectivity index (χ1) is 4.66. The minimum Gasteiger partial charge on any atom is -0.165 e. The molecule has 2 heteroatoms. The lowest BCUT2D eigenvalue weighted by Gasteiger charge is -2.03. The van der Waals surface area contributed by atoms with E-state index < -0.39 is 0 Å². The van der Waals surface area contributed by atoms with Crippen molar-refractivity contribution in [3.8, 4) is 0 Å². The van der Waals surface area contributed by atoms with Crippen molar-refractivity contribution < 1.29 is 0 Å². The van der Waals surface area contributed by atoms with Crippen molar-refractivity contribution in [2.75, 3.05) is 5.75 Å². The van der Waals surface area contributed by atoms with E-state index in [4.69, 9.17) is 0 Å². The average molecular weight is 176 g/mol. The Bertz CT molecular complexity index is 97.4. The molecule has 0 aliphatic carbocycles. The monoisotopic (exact) mass is 176 g/mol. The number of rotatable bonds is 5. The zero-order valence-electron chi connectivity index (χ0n) is 6.76. The van der Waals surface area contributed by atoms with Crippen molar-refractivity contribution in [2.45, 2.75) is 31.3 Å². The molecule has 1 atom stereocenters. The van der Waals surface area contributed by atoms with Gasteiger partial charge in [-0.25, -0.2) is 0 Å². The second-order valence-electron chi connectivity index (χ2n) is 2.32. The van der Waals surface area contributed by atoms with Gasteiger partial charge in [0, 0.05) is 4.58 Å². The van der Waals surface area contributed by atoms with Gasteiger partial charge in [0.25, 0.3) is 0 Å². The minimum absolute atomic E-state index is 0.463. The highest BCUT2D eigenvalue weighted by Gasteiger charge is 1.95. The van der Waals surface area contributed by atoms with Crippen LogP contribution in [0.25, 0.3) is 0 Å². The molecule has 0 nitrogen and oxygen atoms in total. The summed E-state index contributed by atoms with van der Waals surface area (Å²) in [4.78, 5) is 0. The maximum absolute atomic E-state index is 4.26. The Labute approximate surface area is 73.9 Å². The van der Waals surface area contributed by atoms with Crippen LogP contribution in [0.4, 0.5) is 0 Å². The first-order valence-corrected chi connectivity index (χ1v) is 5.19. The van der Waals surface area contributed by atoms with Gasteiger partial charge in [-0.3, -0.25) is 0 Å². The Kier molecular flexibility index (Phi) is 6.44. The molecular formula is C8H16S2. The van der Waals surface area contributed by atoms with E-state index in [1.165, 1.54) is 5.57 Å². The number of thioether (sulfide) groups is 1. The molecule has 0 heterocycles. The average Bonchev–Trinajstić information content (AvgIpc) is 1.87. The van der Waals surface area contributed by atoms with Gasteiger partial charge in [-0.15, -0.1) is 11.8 Å². The van der Waals surface area contributed by atoms with Gasteiger partial charge < -0.3 is 0 Å². The van der Waals surface area contributed by atoms with Crippen molar-refractivity contribution >= 4 is 24.4 Å². The van der Waals surface area contributed by atoms with Crippen LogP contribution in [0, 0.1) is 0 Å².